The first-order valence-corrected chi connectivity index (χ1v) is 14.3. The third-order valence-electron chi connectivity index (χ3n) is 7.38. The van der Waals surface area contributed by atoms with Gasteiger partial charge in [-0.05, 0) is 59.3 Å². The molecule has 3 aromatic rings. The second kappa shape index (κ2) is 12.0. The number of nitrogens with zero attached hydrogens (tertiary/aromatic N) is 4. The van der Waals surface area contributed by atoms with E-state index in [0.717, 1.165) is 5.69 Å². The second-order valence-electron chi connectivity index (χ2n) is 11.6. The van der Waals surface area contributed by atoms with E-state index in [-0.39, 0.29) is 29.9 Å². The van der Waals surface area contributed by atoms with E-state index < -0.39 is 17.9 Å². The third-order valence-corrected chi connectivity index (χ3v) is 7.98. The molecule has 3 atom stereocenters. The van der Waals surface area contributed by atoms with Gasteiger partial charge in [-0.2, -0.15) is 0 Å². The zero-order chi connectivity index (χ0) is 29.2. The summed E-state index contributed by atoms with van der Waals surface area (Å²) in [7, 11) is 0. The molecule has 0 saturated carbocycles. The highest BCUT2D eigenvalue weighted by Gasteiger charge is 2.50. The fourth-order valence-corrected chi connectivity index (χ4v) is 5.49. The summed E-state index contributed by atoms with van der Waals surface area (Å²) in [5, 5.41) is 29.0. The Morgan fingerprint density at radius 3 is 2.65 bits per heavy atom. The van der Waals surface area contributed by atoms with Crippen LogP contribution in [0.25, 0.3) is 11.0 Å². The number of nitrogen functional groups attached to an aromatic ring is 1. The molecule has 1 aliphatic heterocycles. The van der Waals surface area contributed by atoms with Crippen LogP contribution in [0, 0.1) is 0 Å². The van der Waals surface area contributed by atoms with E-state index in [2.05, 4.69) is 76.1 Å². The molecular formula is C28H40BrN7O4. The fraction of sp³-hybridized carbons (Fsp3) is 0.536. The van der Waals surface area contributed by atoms with E-state index in [0.29, 0.717) is 41.6 Å². The lowest BCUT2D eigenvalue weighted by Gasteiger charge is -2.32. The number of hydrogen-bond donors (Lipinski definition) is 5. The molecular weight excluding hydrogens is 578 g/mol. The lowest BCUT2D eigenvalue weighted by Crippen LogP contribution is -2.49. The molecule has 218 valence electrons. The van der Waals surface area contributed by atoms with Crippen molar-refractivity contribution in [3.63, 3.8) is 0 Å². The number of urea groups is 1. The van der Waals surface area contributed by atoms with Crippen molar-refractivity contribution < 1.29 is 19.7 Å². The van der Waals surface area contributed by atoms with Gasteiger partial charge in [0, 0.05) is 42.0 Å². The van der Waals surface area contributed by atoms with Gasteiger partial charge in [-0.25, -0.2) is 14.8 Å². The number of amides is 2. The first kappa shape index (κ1) is 30.2. The SMILES string of the molecule is CC(C)N(CCCNC(=O)Nc1ccc(C(C)(C)C)cc1)C[C@H]1OCC(O)(n2cc(Br)c3c(N)ncnc32)C1O. The van der Waals surface area contributed by atoms with E-state index in [1.54, 1.807) is 6.20 Å². The minimum absolute atomic E-state index is 0.0542. The van der Waals surface area contributed by atoms with Gasteiger partial charge in [0.2, 0.25) is 0 Å². The van der Waals surface area contributed by atoms with Gasteiger partial charge >= 0.3 is 6.03 Å². The quantitative estimate of drug-likeness (QED) is 0.229. The Morgan fingerprint density at radius 1 is 1.30 bits per heavy atom. The van der Waals surface area contributed by atoms with E-state index in [4.69, 9.17) is 10.5 Å². The maximum atomic E-state index is 12.4. The van der Waals surface area contributed by atoms with Crippen molar-refractivity contribution in [2.75, 3.05) is 37.3 Å². The van der Waals surface area contributed by atoms with Crippen molar-refractivity contribution in [2.45, 2.75) is 70.4 Å². The average Bonchev–Trinajstić information content (AvgIpc) is 3.38. The monoisotopic (exact) mass is 617 g/mol. The minimum Gasteiger partial charge on any atom is -0.385 e. The first-order valence-electron chi connectivity index (χ1n) is 13.5. The number of nitrogens with one attached hydrogen (secondary N) is 2. The third kappa shape index (κ3) is 6.41. The highest BCUT2D eigenvalue weighted by atomic mass is 79.9. The maximum absolute atomic E-state index is 12.4. The standard InChI is InChI=1S/C28H40BrN7O4/c1-17(2)35(12-6-11-31-26(38)34-19-9-7-18(8-10-19)27(3,4)5)14-21-23(37)28(39,15-40-21)36-13-20(29)22-24(30)32-16-33-25(22)36/h7-10,13,16-17,21,23,37,39H,6,11-12,14-15H2,1-5H3,(H2,30,32,33)(H2,31,34,38)/t21-,23?,28?/m1/s1. The Morgan fingerprint density at radius 2 is 2.00 bits per heavy atom. The van der Waals surface area contributed by atoms with E-state index in [9.17, 15) is 15.0 Å². The van der Waals surface area contributed by atoms with Crippen molar-refractivity contribution in [2.24, 2.45) is 0 Å². The number of nitrogens with two attached hydrogens (primary N) is 1. The summed E-state index contributed by atoms with van der Waals surface area (Å²) >= 11 is 3.45. The van der Waals surface area contributed by atoms with Gasteiger partial charge in [-0.15, -0.1) is 0 Å². The number of halogens is 1. The predicted octanol–water partition coefficient (Wildman–Crippen LogP) is 3.40. The summed E-state index contributed by atoms with van der Waals surface area (Å²) < 4.78 is 8.02. The number of fused-ring (bicyclic) bond motifs is 1. The molecule has 40 heavy (non-hydrogen) atoms. The van der Waals surface area contributed by atoms with Gasteiger partial charge in [0.1, 0.15) is 30.0 Å². The topological polar surface area (TPSA) is 151 Å². The molecule has 0 aliphatic carbocycles. The summed E-state index contributed by atoms with van der Waals surface area (Å²) in [5.41, 5.74) is 6.68. The number of anilines is 2. The molecule has 0 spiro atoms. The lowest BCUT2D eigenvalue weighted by atomic mass is 9.87. The van der Waals surface area contributed by atoms with Gasteiger partial charge in [0.25, 0.3) is 0 Å². The number of aliphatic hydroxyl groups excluding tert-OH is 1. The number of aromatic nitrogens is 3. The molecule has 1 fully saturated rings. The van der Waals surface area contributed by atoms with Crippen LogP contribution in [-0.4, -0.2) is 80.2 Å². The predicted molar refractivity (Wildman–Crippen MR) is 159 cm³/mol. The van der Waals surface area contributed by atoms with Crippen molar-refractivity contribution >= 4 is 44.5 Å². The molecule has 1 aliphatic rings. The summed E-state index contributed by atoms with van der Waals surface area (Å²) in [6, 6.07) is 7.77. The van der Waals surface area contributed by atoms with Crippen molar-refractivity contribution in [1.82, 2.24) is 24.8 Å². The fourth-order valence-electron chi connectivity index (χ4n) is 4.91. The smallest absolute Gasteiger partial charge is 0.319 e. The molecule has 11 nitrogen and oxygen atoms in total. The molecule has 0 bridgehead atoms. The van der Waals surface area contributed by atoms with E-state index in [1.807, 2.05) is 24.3 Å². The van der Waals surface area contributed by atoms with Crippen LogP contribution in [0.15, 0.2) is 41.3 Å². The van der Waals surface area contributed by atoms with Crippen LogP contribution < -0.4 is 16.4 Å². The number of hydrogen-bond acceptors (Lipinski definition) is 8. The van der Waals surface area contributed by atoms with Gasteiger partial charge in [0.05, 0.1) is 12.0 Å². The zero-order valence-corrected chi connectivity index (χ0v) is 25.3. The van der Waals surface area contributed by atoms with Crippen LogP contribution in [-0.2, 0) is 15.9 Å². The average molecular weight is 619 g/mol. The Hall–Kier alpha value is -2.77. The normalized spacial score (nSPS) is 21.4. The molecule has 2 unspecified atom stereocenters. The summed E-state index contributed by atoms with van der Waals surface area (Å²) in [6.45, 7) is 12.0. The lowest BCUT2D eigenvalue weighted by molar-refractivity contribution is -0.109. The summed E-state index contributed by atoms with van der Waals surface area (Å²) in [4.78, 5) is 22.8. The number of benzene rings is 1. The summed E-state index contributed by atoms with van der Waals surface area (Å²) in [6.07, 6.45) is 1.82. The molecule has 6 N–H and O–H groups in total. The number of carbonyl (C=O) groups is 1. The zero-order valence-electron chi connectivity index (χ0n) is 23.7. The van der Waals surface area contributed by atoms with Crippen LogP contribution >= 0.6 is 15.9 Å². The van der Waals surface area contributed by atoms with Crippen LogP contribution in [0.4, 0.5) is 16.3 Å². The first-order chi connectivity index (χ1) is 18.8. The molecule has 3 heterocycles. The van der Waals surface area contributed by atoms with Crippen molar-refractivity contribution in [3.05, 3.63) is 46.8 Å². The number of aliphatic hydroxyl groups is 2. The second-order valence-corrected chi connectivity index (χ2v) is 12.5. The Bertz CT molecular complexity index is 1320. The Balaban J connectivity index is 1.30. The number of ether oxygens (including phenoxy) is 1. The van der Waals surface area contributed by atoms with Crippen LogP contribution in [0.1, 0.15) is 46.6 Å². The molecule has 2 aromatic heterocycles. The van der Waals surface area contributed by atoms with Crippen molar-refractivity contribution in [3.8, 4) is 0 Å². The minimum atomic E-state index is -1.72. The number of carbonyl (C=O) groups excluding carboxylic acids is 1. The van der Waals surface area contributed by atoms with Gasteiger partial charge in [-0.3, -0.25) is 9.47 Å². The van der Waals surface area contributed by atoms with Crippen LogP contribution in [0.5, 0.6) is 0 Å². The maximum Gasteiger partial charge on any atom is 0.319 e. The number of rotatable bonds is 9. The Kier molecular flexibility index (Phi) is 9.05. The molecule has 1 aromatic carbocycles. The van der Waals surface area contributed by atoms with E-state index >= 15 is 0 Å². The van der Waals surface area contributed by atoms with Gasteiger partial charge in [-0.1, -0.05) is 32.9 Å². The van der Waals surface area contributed by atoms with Crippen LogP contribution in [0.2, 0.25) is 0 Å². The largest absolute Gasteiger partial charge is 0.385 e. The molecule has 2 amide bonds. The highest BCUT2D eigenvalue weighted by molar-refractivity contribution is 9.10. The molecule has 0 radical (unpaired) electrons. The van der Waals surface area contributed by atoms with E-state index in [1.165, 1.54) is 16.5 Å². The van der Waals surface area contributed by atoms with Gasteiger partial charge in [0.15, 0.2) is 5.72 Å². The van der Waals surface area contributed by atoms with Crippen molar-refractivity contribution in [1.29, 1.82) is 0 Å². The summed E-state index contributed by atoms with van der Waals surface area (Å²) in [5.74, 6) is 0.274. The van der Waals surface area contributed by atoms with Crippen LogP contribution in [0.3, 0.4) is 0 Å². The molecule has 12 heteroatoms. The highest BCUT2D eigenvalue weighted by Crippen LogP contribution is 2.37. The Labute approximate surface area is 243 Å². The molecule has 4 rings (SSSR count). The molecule has 1 saturated heterocycles. The van der Waals surface area contributed by atoms with Gasteiger partial charge < -0.3 is 31.3 Å².